The van der Waals surface area contributed by atoms with Crippen LogP contribution in [0.2, 0.25) is 0 Å². The van der Waals surface area contributed by atoms with Crippen LogP contribution in [0.4, 0.5) is 11.4 Å². The fourth-order valence-electron chi connectivity index (χ4n) is 1.82. The fourth-order valence-corrected chi connectivity index (χ4v) is 2.18. The van der Waals surface area contributed by atoms with Crippen molar-refractivity contribution in [3.8, 4) is 0 Å². The van der Waals surface area contributed by atoms with Gasteiger partial charge in [-0.05, 0) is 48.9 Å². The minimum atomic E-state index is -1.11. The first kappa shape index (κ1) is 15.1. The van der Waals surface area contributed by atoms with Gasteiger partial charge in [-0.2, -0.15) is 0 Å². The van der Waals surface area contributed by atoms with Crippen molar-refractivity contribution in [2.24, 2.45) is 0 Å². The van der Waals surface area contributed by atoms with Gasteiger partial charge in [0, 0.05) is 15.7 Å². The largest absolute Gasteiger partial charge is 0.478 e. The third kappa shape index (κ3) is 3.41. The summed E-state index contributed by atoms with van der Waals surface area (Å²) in [7, 11) is 0. The number of aromatic carboxylic acids is 1. The summed E-state index contributed by atoms with van der Waals surface area (Å²) in [6, 6.07) is 9.47. The topological polar surface area (TPSA) is 92.4 Å². The van der Waals surface area contributed by atoms with E-state index in [0.29, 0.717) is 15.7 Å². The monoisotopic (exact) mass is 348 g/mol. The molecule has 21 heavy (non-hydrogen) atoms. The quantitative estimate of drug-likeness (QED) is 0.742. The fraction of sp³-hybridized carbons (Fsp3) is 0.0667. The first-order valence-electron chi connectivity index (χ1n) is 6.09. The van der Waals surface area contributed by atoms with E-state index >= 15 is 0 Å². The maximum absolute atomic E-state index is 12.2. The molecule has 0 aliphatic heterocycles. The van der Waals surface area contributed by atoms with Crippen molar-refractivity contribution in [3.05, 3.63) is 57.6 Å². The van der Waals surface area contributed by atoms with E-state index in [9.17, 15) is 9.59 Å². The van der Waals surface area contributed by atoms with Gasteiger partial charge >= 0.3 is 5.97 Å². The van der Waals surface area contributed by atoms with Crippen LogP contribution >= 0.6 is 15.9 Å². The number of aryl methyl sites for hydroxylation is 1. The molecule has 2 aromatic rings. The zero-order valence-corrected chi connectivity index (χ0v) is 12.8. The van der Waals surface area contributed by atoms with E-state index in [0.717, 1.165) is 5.56 Å². The Hall–Kier alpha value is -2.34. The van der Waals surface area contributed by atoms with Gasteiger partial charge in [-0.15, -0.1) is 0 Å². The average Bonchev–Trinajstić information content (AvgIpc) is 2.41. The number of nitrogen functional groups attached to an aromatic ring is 1. The first-order valence-corrected chi connectivity index (χ1v) is 6.88. The van der Waals surface area contributed by atoms with Crippen LogP contribution in [0.15, 0.2) is 40.9 Å². The van der Waals surface area contributed by atoms with E-state index in [1.165, 1.54) is 6.07 Å². The zero-order valence-electron chi connectivity index (χ0n) is 11.2. The number of carboxylic acids is 1. The summed E-state index contributed by atoms with van der Waals surface area (Å²) < 4.78 is 0.677. The molecule has 0 radical (unpaired) electrons. The van der Waals surface area contributed by atoms with Crippen molar-refractivity contribution in [3.63, 3.8) is 0 Å². The molecule has 0 aliphatic carbocycles. The molecule has 0 heterocycles. The number of hydrogen-bond acceptors (Lipinski definition) is 3. The van der Waals surface area contributed by atoms with Crippen LogP contribution in [-0.2, 0) is 0 Å². The molecule has 0 fully saturated rings. The maximum Gasteiger partial charge on any atom is 0.337 e. The Kier molecular flexibility index (Phi) is 4.28. The molecule has 0 aliphatic rings. The molecule has 0 saturated heterocycles. The lowest BCUT2D eigenvalue weighted by atomic mass is 10.1. The highest BCUT2D eigenvalue weighted by Crippen LogP contribution is 2.23. The molecule has 0 unspecified atom stereocenters. The predicted octanol–water partition coefficient (Wildman–Crippen LogP) is 3.29. The van der Waals surface area contributed by atoms with Gasteiger partial charge in [0.15, 0.2) is 0 Å². The third-order valence-electron chi connectivity index (χ3n) is 2.99. The molecular formula is C15H13BrN2O3. The van der Waals surface area contributed by atoms with Crippen LogP contribution in [0.5, 0.6) is 0 Å². The maximum atomic E-state index is 12.2. The van der Waals surface area contributed by atoms with Gasteiger partial charge in [-0.3, -0.25) is 4.79 Å². The number of amides is 1. The second kappa shape index (κ2) is 5.97. The number of rotatable bonds is 3. The molecule has 0 aromatic heterocycles. The Labute approximate surface area is 129 Å². The Balaban J connectivity index is 2.33. The number of carbonyl (C=O) groups is 2. The molecule has 6 heteroatoms. The number of anilines is 2. The lowest BCUT2D eigenvalue weighted by molar-refractivity contribution is 0.0698. The third-order valence-corrected chi connectivity index (χ3v) is 3.49. The van der Waals surface area contributed by atoms with Gasteiger partial charge in [0.2, 0.25) is 0 Å². The normalized spacial score (nSPS) is 10.2. The summed E-state index contributed by atoms with van der Waals surface area (Å²) in [5.41, 5.74) is 7.77. The number of hydrogen-bond donors (Lipinski definition) is 3. The van der Waals surface area contributed by atoms with Gasteiger partial charge in [0.1, 0.15) is 0 Å². The minimum absolute atomic E-state index is 0.0266. The van der Waals surface area contributed by atoms with Gasteiger partial charge in [-0.1, -0.05) is 15.9 Å². The summed E-state index contributed by atoms with van der Waals surface area (Å²) in [5, 5.41) is 11.7. The summed E-state index contributed by atoms with van der Waals surface area (Å²) >= 11 is 3.25. The Morgan fingerprint density at radius 2 is 1.90 bits per heavy atom. The van der Waals surface area contributed by atoms with Crippen molar-refractivity contribution >= 4 is 39.2 Å². The second-order valence-electron chi connectivity index (χ2n) is 4.52. The number of nitrogens with two attached hydrogens (primary N) is 1. The van der Waals surface area contributed by atoms with E-state index in [1.54, 1.807) is 37.3 Å². The van der Waals surface area contributed by atoms with Gasteiger partial charge in [0.25, 0.3) is 5.91 Å². The van der Waals surface area contributed by atoms with E-state index < -0.39 is 11.9 Å². The van der Waals surface area contributed by atoms with Crippen LogP contribution in [0.1, 0.15) is 26.3 Å². The highest BCUT2D eigenvalue weighted by atomic mass is 79.9. The number of carbonyl (C=O) groups excluding carboxylic acids is 1. The molecule has 0 saturated carbocycles. The summed E-state index contributed by atoms with van der Waals surface area (Å²) in [4.78, 5) is 23.4. The summed E-state index contributed by atoms with van der Waals surface area (Å²) in [6.45, 7) is 1.80. The smallest absolute Gasteiger partial charge is 0.337 e. The second-order valence-corrected chi connectivity index (χ2v) is 5.44. The Bertz CT molecular complexity index is 729. The summed E-state index contributed by atoms with van der Waals surface area (Å²) in [6.07, 6.45) is 0. The first-order chi connectivity index (χ1) is 9.88. The van der Waals surface area contributed by atoms with E-state index in [2.05, 4.69) is 21.2 Å². The highest BCUT2D eigenvalue weighted by Gasteiger charge is 2.14. The van der Waals surface area contributed by atoms with Crippen molar-refractivity contribution in [2.75, 3.05) is 11.1 Å². The predicted molar refractivity (Wildman–Crippen MR) is 84.6 cm³/mol. The van der Waals surface area contributed by atoms with Crippen molar-refractivity contribution in [1.29, 1.82) is 0 Å². The van der Waals surface area contributed by atoms with Gasteiger partial charge < -0.3 is 16.2 Å². The Morgan fingerprint density at radius 3 is 2.52 bits per heavy atom. The average molecular weight is 349 g/mol. The molecule has 4 N–H and O–H groups in total. The molecule has 5 nitrogen and oxygen atoms in total. The van der Waals surface area contributed by atoms with E-state index in [-0.39, 0.29) is 11.3 Å². The molecule has 1 amide bonds. The van der Waals surface area contributed by atoms with Crippen LogP contribution in [-0.4, -0.2) is 17.0 Å². The van der Waals surface area contributed by atoms with Crippen LogP contribution in [0, 0.1) is 6.92 Å². The molecule has 0 bridgehead atoms. The lowest BCUT2D eigenvalue weighted by Crippen LogP contribution is -2.15. The van der Waals surface area contributed by atoms with Crippen molar-refractivity contribution in [2.45, 2.75) is 6.92 Å². The van der Waals surface area contributed by atoms with E-state index in [1.807, 2.05) is 0 Å². The number of benzene rings is 2. The minimum Gasteiger partial charge on any atom is -0.478 e. The van der Waals surface area contributed by atoms with Crippen LogP contribution in [0.25, 0.3) is 0 Å². The van der Waals surface area contributed by atoms with E-state index in [4.69, 9.17) is 10.8 Å². The molecule has 2 rings (SSSR count). The van der Waals surface area contributed by atoms with Crippen molar-refractivity contribution < 1.29 is 14.7 Å². The lowest BCUT2D eigenvalue weighted by Gasteiger charge is -2.10. The number of nitrogens with one attached hydrogen (secondary N) is 1. The number of halogens is 1. The SMILES string of the molecule is Cc1cc(C(=O)Nc2cc(Br)ccc2C(=O)O)ccc1N. The molecule has 0 atom stereocenters. The zero-order chi connectivity index (χ0) is 15.6. The number of carboxylic acid groups (broad SMARTS) is 1. The standard InChI is InChI=1S/C15H13BrN2O3/c1-8-6-9(2-5-12(8)17)14(19)18-13-7-10(16)3-4-11(13)15(20)21/h2-7H,17H2,1H3,(H,18,19)(H,20,21). The molecular weight excluding hydrogens is 336 g/mol. The van der Waals surface area contributed by atoms with Crippen molar-refractivity contribution in [1.82, 2.24) is 0 Å². The van der Waals surface area contributed by atoms with Crippen LogP contribution in [0.3, 0.4) is 0 Å². The van der Waals surface area contributed by atoms with Crippen LogP contribution < -0.4 is 11.1 Å². The molecule has 0 spiro atoms. The molecule has 2 aromatic carbocycles. The Morgan fingerprint density at radius 1 is 1.19 bits per heavy atom. The highest BCUT2D eigenvalue weighted by molar-refractivity contribution is 9.10. The van der Waals surface area contributed by atoms with Gasteiger partial charge in [0.05, 0.1) is 11.3 Å². The molecule has 108 valence electrons. The van der Waals surface area contributed by atoms with Gasteiger partial charge in [-0.25, -0.2) is 4.79 Å². The summed E-state index contributed by atoms with van der Waals surface area (Å²) in [5.74, 6) is -1.50.